The van der Waals surface area contributed by atoms with Gasteiger partial charge in [-0.15, -0.1) is 0 Å². The second-order valence-electron chi connectivity index (χ2n) is 11.8. The molecule has 0 radical (unpaired) electrons. The fourth-order valence-corrected chi connectivity index (χ4v) is 11.9. The van der Waals surface area contributed by atoms with Crippen molar-refractivity contribution in [3.05, 3.63) is 167 Å². The van der Waals surface area contributed by atoms with E-state index in [0.717, 1.165) is 35.9 Å². The summed E-state index contributed by atoms with van der Waals surface area (Å²) in [5.41, 5.74) is 13.3. The Morgan fingerprint density at radius 3 is 1.33 bits per heavy atom. The summed E-state index contributed by atoms with van der Waals surface area (Å²) in [5.74, 6) is 4.11. The van der Waals surface area contributed by atoms with Gasteiger partial charge in [-0.1, -0.05) is 0 Å². The minimum absolute atomic E-state index is 0.337. The van der Waals surface area contributed by atoms with Crippen molar-refractivity contribution in [2.45, 2.75) is 33.9 Å². The molecule has 2 aliphatic rings. The van der Waals surface area contributed by atoms with E-state index in [4.69, 9.17) is 8.83 Å². The number of allylic oxidation sites excluding steroid dienone is 2. The Morgan fingerprint density at radius 2 is 0.933 bits per heavy atom. The van der Waals surface area contributed by atoms with Gasteiger partial charge in [-0.2, -0.15) is 0 Å². The predicted molar refractivity (Wildman–Crippen MR) is 181 cm³/mol. The van der Waals surface area contributed by atoms with E-state index in [-0.39, 0.29) is 0 Å². The molecule has 2 heterocycles. The molecular formula is C42H34O2Zr. The van der Waals surface area contributed by atoms with Crippen molar-refractivity contribution in [3.63, 3.8) is 0 Å². The van der Waals surface area contributed by atoms with Crippen LogP contribution in [0.4, 0.5) is 0 Å². The zero-order valence-electron chi connectivity index (χ0n) is 25.6. The van der Waals surface area contributed by atoms with Crippen LogP contribution in [0.2, 0.25) is 0 Å². The SMILES string of the molecule is CCc1ccc(C2=Cc3c(-c4ccccc4)cccc3[CH]2[Zr][CH]2C(c3ccc(CC)o3)=Cc3c(-c4ccccc4)cccc32)o1. The van der Waals surface area contributed by atoms with Gasteiger partial charge < -0.3 is 0 Å². The van der Waals surface area contributed by atoms with Crippen LogP contribution in [0.3, 0.4) is 0 Å². The van der Waals surface area contributed by atoms with Gasteiger partial charge in [0.25, 0.3) is 0 Å². The first-order valence-corrected chi connectivity index (χ1v) is 18.8. The van der Waals surface area contributed by atoms with Crippen LogP contribution >= 0.6 is 0 Å². The Labute approximate surface area is 276 Å². The molecule has 45 heavy (non-hydrogen) atoms. The Hall–Kier alpha value is -4.20. The Balaban J connectivity index is 1.28. The van der Waals surface area contributed by atoms with Gasteiger partial charge in [0, 0.05) is 0 Å². The Kier molecular flexibility index (Phi) is 7.52. The van der Waals surface area contributed by atoms with Gasteiger partial charge in [0.15, 0.2) is 0 Å². The molecule has 0 bridgehead atoms. The van der Waals surface area contributed by atoms with Gasteiger partial charge in [-0.3, -0.25) is 0 Å². The van der Waals surface area contributed by atoms with E-state index >= 15 is 0 Å². The summed E-state index contributed by atoms with van der Waals surface area (Å²) in [5, 5.41) is 0. The molecule has 0 fully saturated rings. The fraction of sp³-hybridized carbons (Fsp3) is 0.143. The molecule has 218 valence electrons. The van der Waals surface area contributed by atoms with Crippen LogP contribution in [0.1, 0.15) is 66.4 Å². The molecule has 2 atom stereocenters. The number of hydrogen-bond donors (Lipinski definition) is 0. The standard InChI is InChI=1S/2C21H17O.Zr/c2*1-2-18-11-12-21(22-18)17-13-16-9-6-10-19(20(16)14-17)15-7-4-3-5-8-15;/h2*3-14H,2H2,1H3;. The normalized spacial score (nSPS) is 16.7. The molecule has 0 amide bonds. The number of rotatable bonds is 8. The summed E-state index contributed by atoms with van der Waals surface area (Å²) in [6.07, 6.45) is 6.65. The fourth-order valence-electron chi connectivity index (χ4n) is 6.94. The quantitative estimate of drug-likeness (QED) is 0.162. The summed E-state index contributed by atoms with van der Waals surface area (Å²) < 4.78 is 13.7. The number of fused-ring (bicyclic) bond motifs is 2. The van der Waals surface area contributed by atoms with Crippen molar-refractivity contribution in [1.29, 1.82) is 0 Å². The van der Waals surface area contributed by atoms with Crippen LogP contribution < -0.4 is 0 Å². The maximum atomic E-state index is 6.49. The molecule has 3 heteroatoms. The first-order chi connectivity index (χ1) is 22.2. The van der Waals surface area contributed by atoms with Gasteiger partial charge in [-0.05, 0) is 0 Å². The molecule has 2 aliphatic carbocycles. The molecule has 2 aromatic heterocycles. The summed E-state index contributed by atoms with van der Waals surface area (Å²) in [6.45, 7) is 4.32. The Bertz CT molecular complexity index is 1910. The number of benzene rings is 4. The van der Waals surface area contributed by atoms with Gasteiger partial charge in [-0.25, -0.2) is 0 Å². The van der Waals surface area contributed by atoms with E-state index in [2.05, 4.69) is 147 Å². The molecule has 6 aromatic rings. The van der Waals surface area contributed by atoms with Crippen molar-refractivity contribution in [3.8, 4) is 22.3 Å². The molecule has 0 spiro atoms. The zero-order chi connectivity index (χ0) is 30.3. The first-order valence-electron chi connectivity index (χ1n) is 16.0. The van der Waals surface area contributed by atoms with E-state index in [9.17, 15) is 0 Å². The molecule has 0 aliphatic heterocycles. The average Bonchev–Trinajstić information content (AvgIpc) is 3.90. The van der Waals surface area contributed by atoms with Gasteiger partial charge in [0.1, 0.15) is 0 Å². The molecular weight excluding hydrogens is 628 g/mol. The monoisotopic (exact) mass is 660 g/mol. The zero-order valence-corrected chi connectivity index (χ0v) is 28.0. The van der Waals surface area contributed by atoms with Gasteiger partial charge >= 0.3 is 278 Å². The predicted octanol–water partition coefficient (Wildman–Crippen LogP) is 11.3. The van der Waals surface area contributed by atoms with E-state index in [1.807, 2.05) is 0 Å². The van der Waals surface area contributed by atoms with Crippen LogP contribution in [0.5, 0.6) is 0 Å². The van der Waals surface area contributed by atoms with E-state index in [1.54, 1.807) is 0 Å². The van der Waals surface area contributed by atoms with Crippen LogP contribution in [0.25, 0.3) is 45.6 Å². The molecule has 0 saturated carbocycles. The molecule has 8 rings (SSSR count). The number of hydrogen-bond acceptors (Lipinski definition) is 2. The second-order valence-corrected chi connectivity index (χ2v) is 15.5. The van der Waals surface area contributed by atoms with Crippen molar-refractivity contribution in [2.75, 3.05) is 0 Å². The van der Waals surface area contributed by atoms with Crippen LogP contribution in [0.15, 0.2) is 130 Å². The molecule has 2 unspecified atom stereocenters. The second kappa shape index (κ2) is 12.0. The third-order valence-corrected chi connectivity index (χ3v) is 13.9. The van der Waals surface area contributed by atoms with Crippen LogP contribution in [-0.4, -0.2) is 0 Å². The maximum absolute atomic E-state index is 6.49. The van der Waals surface area contributed by atoms with E-state index in [1.165, 1.54) is 55.7 Å². The van der Waals surface area contributed by atoms with Gasteiger partial charge in [0.05, 0.1) is 0 Å². The van der Waals surface area contributed by atoms with Crippen molar-refractivity contribution in [2.24, 2.45) is 0 Å². The van der Waals surface area contributed by atoms with Crippen molar-refractivity contribution >= 4 is 23.3 Å². The summed E-state index contributed by atoms with van der Waals surface area (Å²) in [4.78, 5) is 0. The van der Waals surface area contributed by atoms with Crippen molar-refractivity contribution < 1.29 is 32.1 Å². The van der Waals surface area contributed by atoms with Crippen LogP contribution in [-0.2, 0) is 36.1 Å². The molecule has 0 saturated heterocycles. The summed E-state index contributed by atoms with van der Waals surface area (Å²) in [7, 11) is 0. The number of furan rings is 2. The van der Waals surface area contributed by atoms with E-state index in [0.29, 0.717) is 7.25 Å². The topological polar surface area (TPSA) is 26.3 Å². The molecule has 0 N–H and O–H groups in total. The first kappa shape index (κ1) is 28.3. The number of aryl methyl sites for hydroxylation is 2. The third-order valence-electron chi connectivity index (χ3n) is 9.22. The Morgan fingerprint density at radius 1 is 0.489 bits per heavy atom. The summed E-state index contributed by atoms with van der Waals surface area (Å²) >= 11 is -1.28. The summed E-state index contributed by atoms with van der Waals surface area (Å²) in [6, 6.07) is 44.0. The third kappa shape index (κ3) is 5.08. The van der Waals surface area contributed by atoms with Gasteiger partial charge in [0.2, 0.25) is 0 Å². The minimum atomic E-state index is -1.28. The van der Waals surface area contributed by atoms with Crippen LogP contribution in [0, 0.1) is 0 Å². The van der Waals surface area contributed by atoms with Crippen molar-refractivity contribution in [1.82, 2.24) is 0 Å². The van der Waals surface area contributed by atoms with E-state index < -0.39 is 23.2 Å². The average molecular weight is 662 g/mol. The molecule has 2 nitrogen and oxygen atoms in total. The molecule has 4 aromatic carbocycles.